The Balaban J connectivity index is 0.00000210. The molecule has 0 fully saturated rings. The van der Waals surface area contributed by atoms with Crippen LogP contribution >= 0.6 is 12.4 Å². The number of H-pyrrole nitrogens is 1. The molecule has 9 heteroatoms. The zero-order valence-corrected chi connectivity index (χ0v) is 15.9. The SMILES string of the molecule is COc1ccc2c(c1)c(-c1cnc(N)[nH]1)cn2S(=O)(=O)c1ccccc1.Cl. The molecule has 0 radical (unpaired) electrons. The normalized spacial score (nSPS) is 11.3. The third kappa shape index (κ3) is 3.13. The standard InChI is InChI=1S/C18H16N4O3S.ClH/c1-25-12-7-8-17-14(9-12)15(16-10-20-18(19)21-16)11-22(17)26(23,24)13-5-3-2-4-6-13;/h2-11H,1H3,(H3,19,20,21);1H. The average molecular weight is 405 g/mol. The van der Waals surface area contributed by atoms with Crippen molar-refractivity contribution >= 4 is 39.3 Å². The second-order valence-corrected chi connectivity index (χ2v) is 7.54. The number of nitrogen functional groups attached to an aromatic ring is 1. The number of halogens is 1. The van der Waals surface area contributed by atoms with E-state index in [1.165, 1.54) is 3.97 Å². The minimum absolute atomic E-state index is 0. The molecule has 0 amide bonds. The number of aromatic nitrogens is 3. The van der Waals surface area contributed by atoms with Crippen molar-refractivity contribution in [2.45, 2.75) is 4.90 Å². The van der Waals surface area contributed by atoms with Gasteiger partial charge in [0.05, 0.1) is 29.4 Å². The predicted molar refractivity (Wildman–Crippen MR) is 107 cm³/mol. The van der Waals surface area contributed by atoms with Gasteiger partial charge < -0.3 is 15.5 Å². The third-order valence-electron chi connectivity index (χ3n) is 4.16. The Morgan fingerprint density at radius 3 is 2.52 bits per heavy atom. The fraction of sp³-hybridized carbons (Fsp3) is 0.0556. The van der Waals surface area contributed by atoms with Crippen LogP contribution in [0.3, 0.4) is 0 Å². The molecule has 0 spiro atoms. The van der Waals surface area contributed by atoms with Gasteiger partial charge in [-0.2, -0.15) is 0 Å². The lowest BCUT2D eigenvalue weighted by Gasteiger charge is -2.07. The van der Waals surface area contributed by atoms with Gasteiger partial charge in [0.2, 0.25) is 0 Å². The van der Waals surface area contributed by atoms with Crippen LogP contribution in [0.4, 0.5) is 5.95 Å². The van der Waals surface area contributed by atoms with E-state index in [4.69, 9.17) is 10.5 Å². The Hall–Kier alpha value is -2.97. The second-order valence-electron chi connectivity index (χ2n) is 5.72. The highest BCUT2D eigenvalue weighted by atomic mass is 35.5. The maximum Gasteiger partial charge on any atom is 0.268 e. The number of anilines is 1. The minimum Gasteiger partial charge on any atom is -0.497 e. The number of rotatable bonds is 4. The van der Waals surface area contributed by atoms with Crippen LogP contribution in [0.25, 0.3) is 22.2 Å². The highest BCUT2D eigenvalue weighted by Crippen LogP contribution is 2.34. The summed E-state index contributed by atoms with van der Waals surface area (Å²) >= 11 is 0. The van der Waals surface area contributed by atoms with Gasteiger partial charge in [-0.05, 0) is 30.3 Å². The first-order chi connectivity index (χ1) is 12.5. The molecule has 2 heterocycles. The Morgan fingerprint density at radius 2 is 1.89 bits per heavy atom. The second kappa shape index (κ2) is 6.98. The van der Waals surface area contributed by atoms with Crippen LogP contribution in [-0.4, -0.2) is 29.5 Å². The van der Waals surface area contributed by atoms with Gasteiger partial charge >= 0.3 is 0 Å². The quantitative estimate of drug-likeness (QED) is 0.543. The first-order valence-corrected chi connectivity index (χ1v) is 9.25. The van der Waals surface area contributed by atoms with E-state index in [1.54, 1.807) is 68.0 Å². The summed E-state index contributed by atoms with van der Waals surface area (Å²) < 4.78 is 32.8. The van der Waals surface area contributed by atoms with Gasteiger partial charge in [-0.25, -0.2) is 17.4 Å². The van der Waals surface area contributed by atoms with E-state index in [9.17, 15) is 8.42 Å². The third-order valence-corrected chi connectivity index (χ3v) is 5.85. The lowest BCUT2D eigenvalue weighted by atomic mass is 10.1. The van der Waals surface area contributed by atoms with Crippen molar-refractivity contribution in [2.24, 2.45) is 0 Å². The van der Waals surface area contributed by atoms with Crippen molar-refractivity contribution < 1.29 is 13.2 Å². The van der Waals surface area contributed by atoms with Crippen LogP contribution in [0, 0.1) is 0 Å². The lowest BCUT2D eigenvalue weighted by Crippen LogP contribution is -2.11. The number of benzene rings is 2. The summed E-state index contributed by atoms with van der Waals surface area (Å²) in [7, 11) is -2.19. The van der Waals surface area contributed by atoms with E-state index in [0.29, 0.717) is 27.9 Å². The predicted octanol–water partition coefficient (Wildman–Crippen LogP) is 3.28. The van der Waals surface area contributed by atoms with Gasteiger partial charge in [-0.1, -0.05) is 18.2 Å². The molecule has 0 unspecified atom stereocenters. The molecule has 2 aromatic carbocycles. The molecule has 0 aliphatic heterocycles. The zero-order chi connectivity index (χ0) is 18.3. The number of methoxy groups -OCH3 is 1. The number of hydrogen-bond donors (Lipinski definition) is 2. The maximum absolute atomic E-state index is 13.1. The van der Waals surface area contributed by atoms with E-state index >= 15 is 0 Å². The molecule has 0 atom stereocenters. The average Bonchev–Trinajstić information content (AvgIpc) is 3.25. The molecule has 140 valence electrons. The van der Waals surface area contributed by atoms with Crippen molar-refractivity contribution in [1.82, 2.24) is 13.9 Å². The smallest absolute Gasteiger partial charge is 0.268 e. The topological polar surface area (TPSA) is 103 Å². The first kappa shape index (κ1) is 18.8. The van der Waals surface area contributed by atoms with Gasteiger partial charge in [0.1, 0.15) is 5.75 Å². The molecule has 0 aliphatic rings. The molecule has 0 saturated heterocycles. The van der Waals surface area contributed by atoms with E-state index in [2.05, 4.69) is 9.97 Å². The zero-order valence-electron chi connectivity index (χ0n) is 14.3. The highest BCUT2D eigenvalue weighted by Gasteiger charge is 2.22. The molecule has 3 N–H and O–H groups in total. The van der Waals surface area contributed by atoms with Crippen LogP contribution in [0.15, 0.2) is 65.8 Å². The fourth-order valence-electron chi connectivity index (χ4n) is 2.90. The lowest BCUT2D eigenvalue weighted by molar-refractivity contribution is 0.415. The van der Waals surface area contributed by atoms with Gasteiger partial charge in [-0.15, -0.1) is 12.4 Å². The highest BCUT2D eigenvalue weighted by molar-refractivity contribution is 7.90. The largest absolute Gasteiger partial charge is 0.497 e. The monoisotopic (exact) mass is 404 g/mol. The Bertz CT molecular complexity index is 1200. The summed E-state index contributed by atoms with van der Waals surface area (Å²) in [5.41, 5.74) is 7.52. The molecular formula is C18H17ClN4O3S. The van der Waals surface area contributed by atoms with E-state index in [0.717, 1.165) is 0 Å². The summed E-state index contributed by atoms with van der Waals surface area (Å²) in [6.45, 7) is 0. The number of ether oxygens (including phenoxy) is 1. The first-order valence-electron chi connectivity index (χ1n) is 7.81. The molecule has 4 rings (SSSR count). The summed E-state index contributed by atoms with van der Waals surface area (Å²) in [6, 6.07) is 13.5. The molecular weight excluding hydrogens is 388 g/mol. The Kier molecular flexibility index (Phi) is 4.86. The van der Waals surface area contributed by atoms with Gasteiger partial charge in [0, 0.05) is 17.1 Å². The minimum atomic E-state index is -3.76. The number of imidazole rings is 1. The molecule has 2 aromatic heterocycles. The van der Waals surface area contributed by atoms with Crippen molar-refractivity contribution in [3.63, 3.8) is 0 Å². The Morgan fingerprint density at radius 1 is 1.15 bits per heavy atom. The van der Waals surface area contributed by atoms with E-state index < -0.39 is 10.0 Å². The number of nitrogens with two attached hydrogens (primary N) is 1. The molecule has 0 saturated carbocycles. The molecule has 27 heavy (non-hydrogen) atoms. The number of hydrogen-bond acceptors (Lipinski definition) is 5. The van der Waals surface area contributed by atoms with Crippen LogP contribution in [-0.2, 0) is 10.0 Å². The molecule has 0 aliphatic carbocycles. The van der Waals surface area contributed by atoms with Crippen LogP contribution in [0.2, 0.25) is 0 Å². The van der Waals surface area contributed by atoms with Crippen molar-refractivity contribution in [3.8, 4) is 17.0 Å². The fourth-order valence-corrected chi connectivity index (χ4v) is 4.29. The van der Waals surface area contributed by atoms with E-state index in [-0.39, 0.29) is 23.3 Å². The summed E-state index contributed by atoms with van der Waals surface area (Å²) in [5, 5.41) is 0.715. The van der Waals surface area contributed by atoms with Gasteiger partial charge in [0.15, 0.2) is 5.95 Å². The number of nitrogens with one attached hydrogen (secondary N) is 1. The molecule has 7 nitrogen and oxygen atoms in total. The maximum atomic E-state index is 13.1. The van der Waals surface area contributed by atoms with Gasteiger partial charge in [-0.3, -0.25) is 0 Å². The van der Waals surface area contributed by atoms with E-state index in [1.807, 2.05) is 0 Å². The molecule has 4 aromatic rings. The Labute approximate surface area is 162 Å². The van der Waals surface area contributed by atoms with Gasteiger partial charge in [0.25, 0.3) is 10.0 Å². The van der Waals surface area contributed by atoms with Crippen molar-refractivity contribution in [1.29, 1.82) is 0 Å². The summed E-state index contributed by atoms with van der Waals surface area (Å²) in [6.07, 6.45) is 3.14. The van der Waals surface area contributed by atoms with Crippen LogP contribution in [0.1, 0.15) is 0 Å². The summed E-state index contributed by atoms with van der Waals surface area (Å²) in [5.74, 6) is 0.885. The van der Waals surface area contributed by atoms with Crippen molar-refractivity contribution in [2.75, 3.05) is 12.8 Å². The number of aromatic amines is 1. The number of nitrogens with zero attached hydrogens (tertiary/aromatic N) is 2. The van der Waals surface area contributed by atoms with Crippen molar-refractivity contribution in [3.05, 3.63) is 60.9 Å². The number of fused-ring (bicyclic) bond motifs is 1. The summed E-state index contributed by atoms with van der Waals surface area (Å²) in [4.78, 5) is 7.16. The molecule has 0 bridgehead atoms. The van der Waals surface area contributed by atoms with Crippen LogP contribution in [0.5, 0.6) is 5.75 Å². The van der Waals surface area contributed by atoms with Crippen LogP contribution < -0.4 is 10.5 Å².